The number of carboxylic acids is 2. The Kier molecular flexibility index (Phi) is 38.4. The van der Waals surface area contributed by atoms with E-state index in [1.54, 1.807) is 0 Å². The second kappa shape index (κ2) is 42.0. The average molecular weight is 850 g/mol. The summed E-state index contributed by atoms with van der Waals surface area (Å²) in [7, 11) is 4.22. The molecule has 0 saturated carbocycles. The van der Waals surface area contributed by atoms with Gasteiger partial charge in [0.25, 0.3) is 0 Å². The maximum Gasteiger partial charge on any atom is 0.303 e. The van der Waals surface area contributed by atoms with Gasteiger partial charge in [0.15, 0.2) is 0 Å². The van der Waals surface area contributed by atoms with E-state index in [1.807, 2.05) is 0 Å². The molecule has 0 atom stereocenters. The highest BCUT2D eigenvalue weighted by Crippen LogP contribution is 2.31. The fraction of sp³-hybridized carbons (Fsp3) is 0.704. The molecule has 1 aromatic carbocycles. The summed E-state index contributed by atoms with van der Waals surface area (Å²) in [6.45, 7) is 4.53. The Hall–Kier alpha value is -3.32. The topological polar surface area (TPSA) is 96.3 Å². The van der Waals surface area contributed by atoms with Gasteiger partial charge in [0.1, 0.15) is 11.5 Å². The first-order chi connectivity index (χ1) is 29.8. The van der Waals surface area contributed by atoms with Crippen molar-refractivity contribution in [1.29, 1.82) is 0 Å². The van der Waals surface area contributed by atoms with Crippen LogP contribution in [-0.4, -0.2) is 54.4 Å². The maximum atomic E-state index is 10.5. The number of aliphatic carboxylic acids is 2. The smallest absolute Gasteiger partial charge is 0.303 e. The predicted octanol–water partition coefficient (Wildman–Crippen LogP) is 15.7. The van der Waals surface area contributed by atoms with Crippen LogP contribution in [0.15, 0.2) is 60.7 Å². The molecule has 0 fully saturated rings. The first-order valence-corrected chi connectivity index (χ1v) is 24.9. The van der Waals surface area contributed by atoms with Gasteiger partial charge in [-0.3, -0.25) is 9.59 Å². The lowest BCUT2D eigenvalue weighted by molar-refractivity contribution is -0.138. The van der Waals surface area contributed by atoms with E-state index in [2.05, 4.69) is 86.7 Å². The van der Waals surface area contributed by atoms with Crippen LogP contribution in [0.3, 0.4) is 0 Å². The highest BCUT2D eigenvalue weighted by atomic mass is 16.5. The zero-order chi connectivity index (χ0) is 44.3. The second-order valence-electron chi connectivity index (χ2n) is 17.4. The zero-order valence-electron chi connectivity index (χ0n) is 39.5. The van der Waals surface area contributed by atoms with Crippen LogP contribution in [0, 0.1) is 6.92 Å². The number of benzene rings is 1. The molecule has 0 heterocycles. The molecule has 7 nitrogen and oxygen atoms in total. The number of allylic oxidation sites excluding steroid dienone is 8. The number of carbonyl (C=O) groups is 2. The number of carboxylic acid groups (broad SMARTS) is 2. The minimum Gasteiger partial charge on any atom is -0.493 e. The molecule has 0 unspecified atom stereocenters. The van der Waals surface area contributed by atoms with Gasteiger partial charge in [0.2, 0.25) is 0 Å². The summed E-state index contributed by atoms with van der Waals surface area (Å²) in [4.78, 5) is 23.3. The summed E-state index contributed by atoms with van der Waals surface area (Å²) in [5.41, 5.74) is 2.36. The Balaban J connectivity index is 2.09. The van der Waals surface area contributed by atoms with Crippen molar-refractivity contribution in [2.24, 2.45) is 0 Å². The molecule has 0 aliphatic carbocycles. The third-order valence-electron chi connectivity index (χ3n) is 11.2. The van der Waals surface area contributed by atoms with Gasteiger partial charge in [-0.1, -0.05) is 151 Å². The van der Waals surface area contributed by atoms with E-state index in [1.165, 1.54) is 121 Å². The second-order valence-corrected chi connectivity index (χ2v) is 17.4. The molecular weight excluding hydrogens is 759 g/mol. The first kappa shape index (κ1) is 55.7. The van der Waals surface area contributed by atoms with Gasteiger partial charge in [0.05, 0.1) is 13.2 Å². The lowest BCUT2D eigenvalue weighted by atomic mass is 10.1. The standard InChI is InChI=1S/C54H91NO6/c1-49-51(60-44-40-36-32-28-24-20-16-12-8-4-6-10-14-18-22-26-30-34-38-42-53(56)57)46-50(48-55(2)3)47-52(49)61-45-41-37-33-29-25-21-17-13-9-5-7-11-15-19-23-27-31-35-39-43-54(58)59/h4-5,8-11,14-15,46-47H,6-7,12-13,16-45,48H2,1-3H3,(H,56,57)(H,58,59)/b8-4-,9-5-,14-10-,15-11-. The van der Waals surface area contributed by atoms with E-state index in [4.69, 9.17) is 19.7 Å². The van der Waals surface area contributed by atoms with Gasteiger partial charge < -0.3 is 24.6 Å². The van der Waals surface area contributed by atoms with E-state index in [9.17, 15) is 9.59 Å². The van der Waals surface area contributed by atoms with Crippen LogP contribution < -0.4 is 9.47 Å². The third kappa shape index (κ3) is 38.1. The Bertz CT molecular complexity index is 1220. The van der Waals surface area contributed by atoms with Crippen molar-refractivity contribution in [1.82, 2.24) is 4.90 Å². The number of nitrogens with zero attached hydrogens (tertiary/aromatic N) is 1. The monoisotopic (exact) mass is 850 g/mol. The molecule has 7 heteroatoms. The van der Waals surface area contributed by atoms with Crippen LogP contribution in [0.4, 0.5) is 0 Å². The molecule has 0 saturated heterocycles. The molecule has 2 N–H and O–H groups in total. The Morgan fingerprint density at radius 2 is 0.754 bits per heavy atom. The van der Waals surface area contributed by atoms with Crippen molar-refractivity contribution in [3.8, 4) is 11.5 Å². The molecule has 0 amide bonds. The van der Waals surface area contributed by atoms with Crippen molar-refractivity contribution in [2.75, 3.05) is 27.3 Å². The predicted molar refractivity (Wildman–Crippen MR) is 259 cm³/mol. The van der Waals surface area contributed by atoms with Crippen molar-refractivity contribution in [3.05, 3.63) is 71.9 Å². The van der Waals surface area contributed by atoms with E-state index in [0.29, 0.717) is 12.8 Å². The Labute approximate surface area is 374 Å². The molecule has 348 valence electrons. The third-order valence-corrected chi connectivity index (χ3v) is 11.2. The molecular formula is C54H91NO6. The van der Waals surface area contributed by atoms with Crippen LogP contribution in [0.5, 0.6) is 11.5 Å². The van der Waals surface area contributed by atoms with Gasteiger partial charge in [-0.05, 0) is 129 Å². The lowest BCUT2D eigenvalue weighted by Crippen LogP contribution is -2.12. The molecule has 0 bridgehead atoms. The van der Waals surface area contributed by atoms with Crippen LogP contribution in [0.2, 0.25) is 0 Å². The summed E-state index contributed by atoms with van der Waals surface area (Å²) in [6.07, 6.45) is 54.1. The van der Waals surface area contributed by atoms with Gasteiger partial charge in [-0.2, -0.15) is 0 Å². The largest absolute Gasteiger partial charge is 0.493 e. The van der Waals surface area contributed by atoms with Crippen LogP contribution >= 0.6 is 0 Å². The van der Waals surface area contributed by atoms with Crippen molar-refractivity contribution in [2.45, 2.75) is 219 Å². The van der Waals surface area contributed by atoms with Crippen molar-refractivity contribution < 1.29 is 29.3 Å². The number of hydrogen-bond acceptors (Lipinski definition) is 5. The Morgan fingerprint density at radius 3 is 1.07 bits per heavy atom. The molecule has 0 spiro atoms. The highest BCUT2D eigenvalue weighted by Gasteiger charge is 2.11. The first-order valence-electron chi connectivity index (χ1n) is 24.9. The van der Waals surface area contributed by atoms with Crippen molar-refractivity contribution in [3.63, 3.8) is 0 Å². The molecule has 0 aromatic heterocycles. The average Bonchev–Trinajstić information content (AvgIpc) is 3.22. The van der Waals surface area contributed by atoms with Crippen molar-refractivity contribution >= 4 is 11.9 Å². The molecule has 0 radical (unpaired) electrons. The number of ether oxygens (including phenoxy) is 2. The maximum absolute atomic E-state index is 10.5. The number of hydrogen-bond donors (Lipinski definition) is 2. The molecule has 1 rings (SSSR count). The molecule has 0 aliphatic heterocycles. The Morgan fingerprint density at radius 1 is 0.459 bits per heavy atom. The molecule has 0 aliphatic rings. The van der Waals surface area contributed by atoms with E-state index >= 15 is 0 Å². The molecule has 61 heavy (non-hydrogen) atoms. The van der Waals surface area contributed by atoms with Gasteiger partial charge in [0, 0.05) is 24.9 Å². The number of rotatable bonds is 44. The minimum absolute atomic E-state index is 0.307. The highest BCUT2D eigenvalue weighted by molar-refractivity contribution is 5.66. The zero-order valence-corrected chi connectivity index (χ0v) is 39.5. The lowest BCUT2D eigenvalue weighted by Gasteiger charge is -2.18. The molecule has 1 aromatic rings. The summed E-state index contributed by atoms with van der Waals surface area (Å²) >= 11 is 0. The van der Waals surface area contributed by atoms with E-state index in [0.717, 1.165) is 114 Å². The van der Waals surface area contributed by atoms with E-state index < -0.39 is 11.9 Å². The van der Waals surface area contributed by atoms with Gasteiger partial charge >= 0.3 is 11.9 Å². The summed E-state index contributed by atoms with van der Waals surface area (Å²) < 4.78 is 12.7. The quantitative estimate of drug-likeness (QED) is 0.0499. The summed E-state index contributed by atoms with van der Waals surface area (Å²) in [6, 6.07) is 4.41. The van der Waals surface area contributed by atoms with Gasteiger partial charge in [-0.25, -0.2) is 0 Å². The van der Waals surface area contributed by atoms with Crippen LogP contribution in [0.1, 0.15) is 217 Å². The summed E-state index contributed by atoms with van der Waals surface area (Å²) in [5.74, 6) is 0.589. The number of unbranched alkanes of at least 4 members (excludes halogenated alkanes) is 24. The van der Waals surface area contributed by atoms with E-state index in [-0.39, 0.29) is 0 Å². The minimum atomic E-state index is -0.679. The SMILES string of the molecule is Cc1c(OCCCCCCCCC/C=C\C/C=C\CCCCCCCC(=O)O)cc(CN(C)C)cc1OCCCCCCCCC/C=C\C/C=C\CCCCCCCC(=O)O. The van der Waals surface area contributed by atoms with Gasteiger partial charge in [-0.15, -0.1) is 0 Å². The summed E-state index contributed by atoms with van der Waals surface area (Å²) in [5, 5.41) is 17.4. The normalized spacial score (nSPS) is 12.0. The van der Waals surface area contributed by atoms with Crippen LogP contribution in [-0.2, 0) is 16.1 Å². The van der Waals surface area contributed by atoms with Crippen LogP contribution in [0.25, 0.3) is 0 Å². The fourth-order valence-electron chi connectivity index (χ4n) is 7.48. The fourth-order valence-corrected chi connectivity index (χ4v) is 7.48.